The molecule has 2 N–H and O–H groups in total. The van der Waals surface area contributed by atoms with Crippen molar-refractivity contribution in [2.45, 2.75) is 19.9 Å². The normalized spacial score (nSPS) is 16.4. The van der Waals surface area contributed by atoms with Gasteiger partial charge in [0.15, 0.2) is 6.19 Å². The lowest BCUT2D eigenvalue weighted by Crippen LogP contribution is -2.60. The fraction of sp³-hybridized carbons (Fsp3) is 0.280. The van der Waals surface area contributed by atoms with E-state index in [1.54, 1.807) is 23.2 Å². The zero-order valence-corrected chi connectivity index (χ0v) is 19.1. The topological polar surface area (TPSA) is 96.7 Å². The number of carbonyl (C=O) groups excluding carboxylic acids is 1. The minimum absolute atomic E-state index is 0.0836. The molecule has 2 heterocycles. The van der Waals surface area contributed by atoms with Crippen molar-refractivity contribution in [1.82, 2.24) is 20.1 Å². The molecule has 0 bridgehead atoms. The van der Waals surface area contributed by atoms with Crippen LogP contribution in [-0.4, -0.2) is 52.5 Å². The van der Waals surface area contributed by atoms with Gasteiger partial charge in [0, 0.05) is 36.9 Å². The maximum Gasteiger partial charge on any atom is 0.321 e. The lowest BCUT2D eigenvalue weighted by atomic mass is 10.00. The van der Waals surface area contributed by atoms with Gasteiger partial charge in [-0.25, -0.2) is 14.2 Å². The number of fused-ring (bicyclic) bond motifs is 1. The van der Waals surface area contributed by atoms with Gasteiger partial charge in [-0.3, -0.25) is 10.3 Å². The van der Waals surface area contributed by atoms with Crippen molar-refractivity contribution in [1.29, 1.82) is 5.26 Å². The van der Waals surface area contributed by atoms with Crippen LogP contribution in [0, 0.1) is 23.2 Å². The van der Waals surface area contributed by atoms with E-state index in [4.69, 9.17) is 4.99 Å². The molecule has 1 fully saturated rings. The van der Waals surface area contributed by atoms with Crippen LogP contribution in [0.4, 0.5) is 20.6 Å². The molecule has 1 aliphatic rings. The number of urea groups is 1. The van der Waals surface area contributed by atoms with Gasteiger partial charge in [0.25, 0.3) is 0 Å². The molecular weight excluding hydrogens is 433 g/mol. The molecule has 8 nitrogen and oxygen atoms in total. The van der Waals surface area contributed by atoms with E-state index >= 15 is 0 Å². The van der Waals surface area contributed by atoms with Gasteiger partial charge in [0.1, 0.15) is 5.82 Å². The van der Waals surface area contributed by atoms with Crippen LogP contribution < -0.4 is 10.6 Å². The Labute approximate surface area is 197 Å². The van der Waals surface area contributed by atoms with E-state index in [1.807, 2.05) is 41.4 Å². The van der Waals surface area contributed by atoms with Crippen LogP contribution in [0.5, 0.6) is 0 Å². The Morgan fingerprint density at radius 1 is 1.21 bits per heavy atom. The van der Waals surface area contributed by atoms with Crippen molar-refractivity contribution in [2.24, 2.45) is 10.9 Å². The number of carbonyl (C=O) groups is 1. The van der Waals surface area contributed by atoms with E-state index in [0.717, 1.165) is 10.9 Å². The Morgan fingerprint density at radius 2 is 2.03 bits per heavy atom. The number of hydrogen-bond acceptors (Lipinski definition) is 4. The van der Waals surface area contributed by atoms with E-state index in [0.29, 0.717) is 37.0 Å². The predicted octanol–water partition coefficient (Wildman–Crippen LogP) is 4.31. The number of aliphatic imine (C=N–C) groups is 1. The minimum atomic E-state index is -0.408. The zero-order chi connectivity index (χ0) is 24.1. The highest BCUT2D eigenvalue weighted by Gasteiger charge is 2.33. The van der Waals surface area contributed by atoms with Gasteiger partial charge in [-0.2, -0.15) is 5.26 Å². The maximum atomic E-state index is 13.5. The van der Waals surface area contributed by atoms with Gasteiger partial charge in [-0.1, -0.05) is 26.0 Å². The Bertz CT molecular complexity index is 1250. The van der Waals surface area contributed by atoms with Crippen LogP contribution >= 0.6 is 0 Å². The summed E-state index contributed by atoms with van der Waals surface area (Å²) >= 11 is 0. The number of halogens is 1. The predicted molar refractivity (Wildman–Crippen MR) is 130 cm³/mol. The third-order valence-corrected chi connectivity index (χ3v) is 5.84. The third-order valence-electron chi connectivity index (χ3n) is 5.84. The highest BCUT2D eigenvalue weighted by atomic mass is 19.1. The first-order valence-corrected chi connectivity index (χ1v) is 11.1. The molecule has 1 atom stereocenters. The zero-order valence-electron chi connectivity index (χ0n) is 19.1. The summed E-state index contributed by atoms with van der Waals surface area (Å²) < 4.78 is 13.5. The first-order chi connectivity index (χ1) is 16.5. The van der Waals surface area contributed by atoms with Crippen molar-refractivity contribution in [3.63, 3.8) is 0 Å². The average molecular weight is 460 g/mol. The number of hydrogen-bond donors (Lipinski definition) is 2. The smallest absolute Gasteiger partial charge is 0.321 e. The monoisotopic (exact) mass is 459 g/mol. The van der Waals surface area contributed by atoms with Gasteiger partial charge >= 0.3 is 6.03 Å². The van der Waals surface area contributed by atoms with Crippen LogP contribution in [0.2, 0.25) is 0 Å². The number of nitrogens with one attached hydrogen (secondary N) is 2. The third kappa shape index (κ3) is 5.07. The molecule has 2 amide bonds. The van der Waals surface area contributed by atoms with Crippen LogP contribution in [-0.2, 0) is 0 Å². The van der Waals surface area contributed by atoms with Gasteiger partial charge in [0.05, 0.1) is 17.2 Å². The highest BCUT2D eigenvalue weighted by Crippen LogP contribution is 2.26. The van der Waals surface area contributed by atoms with Crippen molar-refractivity contribution in [3.05, 3.63) is 66.6 Å². The van der Waals surface area contributed by atoms with E-state index in [9.17, 15) is 14.4 Å². The molecule has 0 radical (unpaired) electrons. The number of piperazine rings is 1. The van der Waals surface area contributed by atoms with Crippen molar-refractivity contribution >= 4 is 34.3 Å². The number of guanidine groups is 1. The molecule has 1 aromatic heterocycles. The number of aromatic nitrogens is 1. The summed E-state index contributed by atoms with van der Waals surface area (Å²) in [7, 11) is 0. The number of rotatable bonds is 3. The Kier molecular flexibility index (Phi) is 6.87. The Balaban J connectivity index is 1.58. The van der Waals surface area contributed by atoms with E-state index in [-0.39, 0.29) is 18.0 Å². The number of nitriles is 1. The quantitative estimate of drug-likeness (QED) is 0.263. The molecule has 34 heavy (non-hydrogen) atoms. The number of pyridine rings is 1. The molecule has 2 aromatic carbocycles. The van der Waals surface area contributed by atoms with Crippen molar-refractivity contribution in [2.75, 3.05) is 25.0 Å². The molecule has 0 aliphatic carbocycles. The summed E-state index contributed by atoms with van der Waals surface area (Å²) in [6, 6.07) is 14.9. The van der Waals surface area contributed by atoms with Crippen molar-refractivity contribution < 1.29 is 9.18 Å². The van der Waals surface area contributed by atoms with Crippen molar-refractivity contribution in [3.8, 4) is 6.19 Å². The molecule has 0 unspecified atom stereocenters. The minimum Gasteiger partial charge on any atom is -0.335 e. The molecular formula is C25H26FN7O. The molecule has 0 spiro atoms. The largest absolute Gasteiger partial charge is 0.335 e. The second-order valence-corrected chi connectivity index (χ2v) is 8.41. The van der Waals surface area contributed by atoms with Gasteiger partial charge in [-0.05, 0) is 48.4 Å². The fourth-order valence-corrected chi connectivity index (χ4v) is 4.11. The first-order valence-electron chi connectivity index (χ1n) is 11.1. The molecule has 3 aromatic rings. The first kappa shape index (κ1) is 23.0. The summed E-state index contributed by atoms with van der Waals surface area (Å²) in [5.74, 6) is 0.196. The lowest BCUT2D eigenvalue weighted by molar-refractivity contribution is 0.118. The Morgan fingerprint density at radius 3 is 2.79 bits per heavy atom. The molecule has 174 valence electrons. The molecule has 1 aliphatic heterocycles. The van der Waals surface area contributed by atoms with E-state index in [1.165, 1.54) is 12.1 Å². The standard InChI is InChI=1S/C25H26FN7O/c1-17(2)23-15-32(25(34)30-19-7-3-6-18(26)14-19)12-13-33(23)24(29-16-27)31-22-10-4-9-21-20(22)8-5-11-28-21/h3-11,14,17,23H,12-13,15H2,1-2H3,(H,29,31)(H,30,34)/t23-/m0/s1. The van der Waals surface area contributed by atoms with E-state index in [2.05, 4.69) is 29.5 Å². The van der Waals surface area contributed by atoms with Gasteiger partial charge < -0.3 is 15.1 Å². The second-order valence-electron chi connectivity index (χ2n) is 8.41. The average Bonchev–Trinajstić information content (AvgIpc) is 2.83. The second kappa shape index (κ2) is 10.2. The van der Waals surface area contributed by atoms with E-state index < -0.39 is 5.82 Å². The highest BCUT2D eigenvalue weighted by molar-refractivity contribution is 5.94. The lowest BCUT2D eigenvalue weighted by Gasteiger charge is -2.44. The van der Waals surface area contributed by atoms with Crippen LogP contribution in [0.25, 0.3) is 10.9 Å². The maximum absolute atomic E-state index is 13.5. The summed E-state index contributed by atoms with van der Waals surface area (Å²) in [4.78, 5) is 25.8. The Hall–Kier alpha value is -4.19. The molecule has 4 rings (SSSR count). The number of benzene rings is 2. The summed E-state index contributed by atoms with van der Waals surface area (Å²) in [5.41, 5.74) is 1.93. The van der Waals surface area contributed by atoms with Crippen LogP contribution in [0.15, 0.2) is 65.8 Å². The summed E-state index contributed by atoms with van der Waals surface area (Å²) in [6.07, 6.45) is 3.73. The summed E-state index contributed by atoms with van der Waals surface area (Å²) in [5, 5.41) is 15.8. The van der Waals surface area contributed by atoms with Crippen LogP contribution in [0.3, 0.4) is 0 Å². The SMILES string of the molecule is CC(C)[C@@H]1CN(C(=O)Nc2cccc(F)c2)CCN1C(=Nc1cccc2ncccc12)NC#N. The molecule has 9 heteroatoms. The van der Waals surface area contributed by atoms with Gasteiger partial charge in [-0.15, -0.1) is 0 Å². The molecule has 1 saturated heterocycles. The van der Waals surface area contributed by atoms with Crippen LogP contribution in [0.1, 0.15) is 13.8 Å². The fourth-order valence-electron chi connectivity index (χ4n) is 4.11. The van der Waals surface area contributed by atoms with Gasteiger partial charge in [0.2, 0.25) is 5.96 Å². The number of nitrogens with zero attached hydrogens (tertiary/aromatic N) is 5. The number of anilines is 1. The molecule has 0 saturated carbocycles. The number of amides is 2. The summed E-state index contributed by atoms with van der Waals surface area (Å²) in [6.45, 7) is 5.47.